The van der Waals surface area contributed by atoms with Gasteiger partial charge >= 0.3 is 0 Å². The first-order valence-corrected chi connectivity index (χ1v) is 13.6. The second-order valence-electron chi connectivity index (χ2n) is 8.57. The lowest BCUT2D eigenvalue weighted by atomic mass is 10.3. The lowest BCUT2D eigenvalue weighted by Gasteiger charge is -2.22. The maximum absolute atomic E-state index is 8.66. The molecule has 0 saturated heterocycles. The third-order valence-electron chi connectivity index (χ3n) is 5.29. The molecule has 0 radical (unpaired) electrons. The minimum atomic E-state index is 0.114. The smallest absolute Gasteiger partial charge is 0.141 e. The van der Waals surface area contributed by atoms with Gasteiger partial charge in [0.05, 0.1) is 90.4 Å². The van der Waals surface area contributed by atoms with E-state index in [1.807, 2.05) is 21.9 Å². The van der Waals surface area contributed by atoms with E-state index in [0.717, 1.165) is 0 Å². The third-order valence-corrected chi connectivity index (χ3v) is 5.29. The monoisotopic (exact) mass is 613 g/mol. The number of hydrogen-bond acceptors (Lipinski definition) is 15. The van der Waals surface area contributed by atoms with Gasteiger partial charge in [-0.15, -0.1) is 0 Å². The van der Waals surface area contributed by atoms with Crippen LogP contribution in [0.3, 0.4) is 0 Å². The maximum Gasteiger partial charge on any atom is 0.141 e. The number of nitrogens with zero attached hydrogens (tertiary/aromatic N) is 8. The quantitative estimate of drug-likeness (QED) is 0.0177. The lowest BCUT2D eigenvalue weighted by molar-refractivity contribution is 0.0794. The zero-order valence-electron chi connectivity index (χ0n) is 24.7. The number of nitriles is 3. The first kappa shape index (κ1) is 41.2. The Morgan fingerprint density at radius 3 is 1.26 bits per heavy atom. The van der Waals surface area contributed by atoms with Crippen LogP contribution >= 0.6 is 0 Å². The number of oxime groups is 3. The van der Waals surface area contributed by atoms with E-state index in [1.54, 1.807) is 0 Å². The first-order chi connectivity index (χ1) is 20.9. The van der Waals surface area contributed by atoms with E-state index in [-0.39, 0.29) is 17.5 Å². The summed E-state index contributed by atoms with van der Waals surface area (Å²) in [6.45, 7) is 6.83. The highest BCUT2D eigenvalue weighted by atomic mass is 16.5. The maximum atomic E-state index is 8.66. The molecular formula is C25H47N11O7. The number of hydrogen-bond donors (Lipinski definition) is 6. The Morgan fingerprint density at radius 2 is 0.884 bits per heavy atom. The summed E-state index contributed by atoms with van der Waals surface area (Å²) in [6.07, 6.45) is 1.87. The fraction of sp³-hybridized carbons (Fsp3) is 0.760. The van der Waals surface area contributed by atoms with Gasteiger partial charge in [-0.2, -0.15) is 15.8 Å². The molecular weight excluding hydrogens is 566 g/mol. The predicted octanol–water partition coefficient (Wildman–Crippen LogP) is -0.596. The van der Waals surface area contributed by atoms with Gasteiger partial charge in [0, 0.05) is 52.0 Å². The molecule has 0 heterocycles. The van der Waals surface area contributed by atoms with Crippen molar-refractivity contribution < 1.29 is 34.6 Å². The minimum Gasteiger partial charge on any atom is -0.409 e. The average molecular weight is 614 g/mol. The summed E-state index contributed by atoms with van der Waals surface area (Å²) in [5, 5.41) is 59.4. The Hall–Kier alpha value is -3.96. The molecule has 0 aromatic heterocycles. The Morgan fingerprint density at radius 1 is 0.512 bits per heavy atom. The molecule has 0 saturated carbocycles. The van der Waals surface area contributed by atoms with Crippen LogP contribution in [0.15, 0.2) is 15.5 Å². The third kappa shape index (κ3) is 30.8. The highest BCUT2D eigenvalue weighted by Crippen LogP contribution is 1.96. The van der Waals surface area contributed by atoms with Crippen molar-refractivity contribution in [3.63, 3.8) is 0 Å². The van der Waals surface area contributed by atoms with Gasteiger partial charge in [-0.25, -0.2) is 0 Å². The summed E-state index contributed by atoms with van der Waals surface area (Å²) in [4.78, 5) is 3.95. The molecule has 0 unspecified atom stereocenters. The summed E-state index contributed by atoms with van der Waals surface area (Å²) in [7, 11) is 0. The van der Waals surface area contributed by atoms with Gasteiger partial charge in [0.2, 0.25) is 0 Å². The fourth-order valence-corrected chi connectivity index (χ4v) is 2.90. The van der Waals surface area contributed by atoms with E-state index in [4.69, 9.17) is 67.6 Å². The zero-order chi connectivity index (χ0) is 32.4. The van der Waals surface area contributed by atoms with Crippen molar-refractivity contribution in [3.8, 4) is 18.2 Å². The largest absolute Gasteiger partial charge is 0.409 e. The van der Waals surface area contributed by atoms with E-state index in [0.29, 0.717) is 124 Å². The van der Waals surface area contributed by atoms with Crippen molar-refractivity contribution in [2.45, 2.75) is 32.1 Å². The van der Waals surface area contributed by atoms with Crippen LogP contribution in [0.1, 0.15) is 32.1 Å². The van der Waals surface area contributed by atoms with Crippen molar-refractivity contribution in [3.05, 3.63) is 0 Å². The molecule has 18 heteroatoms. The molecule has 244 valence electrons. The Bertz CT molecular complexity index is 834. The van der Waals surface area contributed by atoms with E-state index >= 15 is 0 Å². The van der Waals surface area contributed by atoms with Gasteiger partial charge in [0.15, 0.2) is 0 Å². The number of nitrogens with two attached hydrogens (primary N) is 3. The molecule has 43 heavy (non-hydrogen) atoms. The number of rotatable bonds is 26. The fourth-order valence-electron chi connectivity index (χ4n) is 2.90. The van der Waals surface area contributed by atoms with Crippen molar-refractivity contribution in [2.24, 2.45) is 32.7 Å². The summed E-state index contributed by atoms with van der Waals surface area (Å²) in [5.74, 6) is 0.372. The van der Waals surface area contributed by atoms with Crippen molar-refractivity contribution in [1.29, 1.82) is 15.8 Å². The second-order valence-corrected chi connectivity index (χ2v) is 8.57. The van der Waals surface area contributed by atoms with Crippen LogP contribution in [0.5, 0.6) is 0 Å². The van der Waals surface area contributed by atoms with E-state index < -0.39 is 0 Å². The van der Waals surface area contributed by atoms with Gasteiger partial charge in [0.25, 0.3) is 0 Å². The van der Waals surface area contributed by atoms with Gasteiger partial charge in [-0.3, -0.25) is 9.80 Å². The highest BCUT2D eigenvalue weighted by molar-refractivity contribution is 5.80. The zero-order valence-corrected chi connectivity index (χ0v) is 24.7. The van der Waals surface area contributed by atoms with Gasteiger partial charge in [-0.1, -0.05) is 15.5 Å². The van der Waals surface area contributed by atoms with Crippen LogP contribution in [0.25, 0.3) is 0 Å². The van der Waals surface area contributed by atoms with Crippen LogP contribution in [-0.2, 0) is 18.9 Å². The van der Waals surface area contributed by atoms with Gasteiger partial charge in [-0.05, 0) is 0 Å². The summed E-state index contributed by atoms with van der Waals surface area (Å²) in [6, 6.07) is 6.08. The van der Waals surface area contributed by atoms with Crippen LogP contribution in [0, 0.1) is 34.0 Å². The number of amidine groups is 3. The molecule has 0 rings (SSSR count). The predicted molar refractivity (Wildman–Crippen MR) is 156 cm³/mol. The minimum absolute atomic E-state index is 0.114. The van der Waals surface area contributed by atoms with Crippen LogP contribution in [0.2, 0.25) is 0 Å². The Balaban J connectivity index is 0. The highest BCUT2D eigenvalue weighted by Gasteiger charge is 2.07. The number of ether oxygens (including phenoxy) is 4. The summed E-state index contributed by atoms with van der Waals surface area (Å²) < 4.78 is 21.3. The molecule has 0 aliphatic rings. The molecule has 0 aromatic carbocycles. The summed E-state index contributed by atoms with van der Waals surface area (Å²) in [5.41, 5.74) is 16.2. The molecule has 0 aromatic rings. The Kier molecular flexibility index (Phi) is 31.2. The molecule has 0 bridgehead atoms. The normalized spacial score (nSPS) is 11.9. The molecule has 0 aliphatic carbocycles. The molecule has 0 amide bonds. The molecule has 9 N–H and O–H groups in total. The van der Waals surface area contributed by atoms with Crippen LogP contribution < -0.4 is 17.2 Å². The Labute approximate surface area is 253 Å². The topological polar surface area (TPSA) is 291 Å². The molecule has 0 spiro atoms. The molecule has 0 fully saturated rings. The molecule has 18 nitrogen and oxygen atoms in total. The second kappa shape index (κ2) is 32.6. The summed E-state index contributed by atoms with van der Waals surface area (Å²) >= 11 is 0. The van der Waals surface area contributed by atoms with Crippen LogP contribution in [0.4, 0.5) is 0 Å². The van der Waals surface area contributed by atoms with E-state index in [9.17, 15) is 0 Å². The lowest BCUT2D eigenvalue weighted by Crippen LogP contribution is -2.34. The van der Waals surface area contributed by atoms with Crippen molar-refractivity contribution in [1.82, 2.24) is 9.80 Å². The van der Waals surface area contributed by atoms with E-state index in [1.165, 1.54) is 0 Å². The van der Waals surface area contributed by atoms with Gasteiger partial charge in [0.1, 0.15) is 17.5 Å². The van der Waals surface area contributed by atoms with Gasteiger partial charge < -0.3 is 51.8 Å². The van der Waals surface area contributed by atoms with Crippen molar-refractivity contribution >= 4 is 17.5 Å². The van der Waals surface area contributed by atoms with E-state index in [2.05, 4.69) is 21.5 Å². The molecule has 0 atom stereocenters. The SMILES string of the molecule is N#CCCOCCN(CC#N)CCOCCC#N.N/C(CCOCCN(CCOCC/C(N)=N\O)CC/C(N)=N/O)=N\O. The van der Waals surface area contributed by atoms with Crippen LogP contribution in [-0.4, -0.2) is 135 Å². The molecule has 0 aliphatic heterocycles. The van der Waals surface area contributed by atoms with Crippen molar-refractivity contribution in [2.75, 3.05) is 92.1 Å². The standard InChI is InChI=1S/C13H29N7O5.C12H18N4O2/c14-11(17-21)1-4-20(5-9-24-7-2-12(15)18-22)6-10-25-8-3-13(16)19-23;13-3-1-9-17-11-7-16(6-5-15)8-12-18-10-2-4-14/h21-23H,1-10H2,(H2,14,17)(H2,15,18)(H2,16,19);1-2,6-12H2. The first-order valence-electron chi connectivity index (χ1n) is 13.6. The average Bonchev–Trinajstić information content (AvgIpc) is 3.02.